The van der Waals surface area contributed by atoms with E-state index in [4.69, 9.17) is 4.74 Å². The Balaban J connectivity index is 1.49. The number of nitrogens with zero attached hydrogens (tertiary/aromatic N) is 5. The van der Waals surface area contributed by atoms with E-state index in [0.717, 1.165) is 49.6 Å². The fourth-order valence-corrected chi connectivity index (χ4v) is 3.22. The Bertz CT molecular complexity index is 714. The van der Waals surface area contributed by atoms with Gasteiger partial charge in [0, 0.05) is 38.6 Å². The summed E-state index contributed by atoms with van der Waals surface area (Å²) in [5, 5.41) is 12.0. The van der Waals surface area contributed by atoms with Gasteiger partial charge in [-0.05, 0) is 20.8 Å². The minimum absolute atomic E-state index is 0.0609. The second-order valence-corrected chi connectivity index (χ2v) is 6.78. The topological polar surface area (TPSA) is 77.2 Å². The highest BCUT2D eigenvalue weighted by atomic mass is 16.5. The van der Waals surface area contributed by atoms with E-state index in [2.05, 4.69) is 34.3 Å². The average Bonchev–Trinajstić information content (AvgIpc) is 3.15. The number of ether oxygens (including phenoxy) is 1. The van der Waals surface area contributed by atoms with Crippen LogP contribution in [0.25, 0.3) is 11.0 Å². The summed E-state index contributed by atoms with van der Waals surface area (Å²) in [6.45, 7) is 11.8. The highest BCUT2D eigenvalue weighted by Crippen LogP contribution is 2.21. The van der Waals surface area contributed by atoms with Gasteiger partial charge in [-0.3, -0.25) is 19.1 Å². The highest BCUT2D eigenvalue weighted by molar-refractivity contribution is 5.79. The maximum atomic E-state index is 12.1. The van der Waals surface area contributed by atoms with Crippen LogP contribution in [0.4, 0.5) is 0 Å². The third-order valence-corrected chi connectivity index (χ3v) is 4.56. The number of rotatable bonds is 7. The van der Waals surface area contributed by atoms with Crippen LogP contribution in [0.5, 0.6) is 0 Å². The molecular formula is C17H28N6O2. The zero-order valence-corrected chi connectivity index (χ0v) is 15.4. The molecule has 1 amide bonds. The fraction of sp³-hybridized carbons (Fsp3) is 0.706. The number of hydrogen-bond donors (Lipinski definition) is 1. The molecule has 0 spiro atoms. The number of carbonyl (C=O) groups is 1. The molecule has 3 heterocycles. The van der Waals surface area contributed by atoms with Gasteiger partial charge in [-0.1, -0.05) is 0 Å². The molecule has 3 rings (SSSR count). The molecule has 2 aromatic rings. The Morgan fingerprint density at radius 3 is 2.80 bits per heavy atom. The lowest BCUT2D eigenvalue weighted by molar-refractivity contribution is -0.121. The van der Waals surface area contributed by atoms with Gasteiger partial charge in [-0.25, -0.2) is 0 Å². The Kier molecular flexibility index (Phi) is 5.70. The molecule has 8 heteroatoms. The average molecular weight is 348 g/mol. The Morgan fingerprint density at radius 2 is 2.08 bits per heavy atom. The smallest absolute Gasteiger partial charge is 0.221 e. The first-order chi connectivity index (χ1) is 12.1. The first-order valence-electron chi connectivity index (χ1n) is 9.03. The second-order valence-electron chi connectivity index (χ2n) is 6.78. The van der Waals surface area contributed by atoms with Crippen molar-refractivity contribution >= 4 is 16.9 Å². The maximum absolute atomic E-state index is 12.1. The summed E-state index contributed by atoms with van der Waals surface area (Å²) in [5.74, 6) is 0.0609. The molecule has 0 aliphatic carbocycles. The number of aromatic nitrogens is 4. The minimum Gasteiger partial charge on any atom is -0.379 e. The van der Waals surface area contributed by atoms with Gasteiger partial charge in [0.15, 0.2) is 0 Å². The summed E-state index contributed by atoms with van der Waals surface area (Å²) in [6, 6.07) is 0.289. The fourth-order valence-electron chi connectivity index (χ4n) is 3.22. The summed E-state index contributed by atoms with van der Waals surface area (Å²) in [7, 11) is 0. The van der Waals surface area contributed by atoms with E-state index in [0.29, 0.717) is 19.5 Å². The third kappa shape index (κ3) is 4.19. The summed E-state index contributed by atoms with van der Waals surface area (Å²) in [6.07, 6.45) is 2.26. The van der Waals surface area contributed by atoms with E-state index in [1.54, 1.807) is 0 Å². The van der Waals surface area contributed by atoms with Gasteiger partial charge < -0.3 is 10.1 Å². The van der Waals surface area contributed by atoms with E-state index < -0.39 is 0 Å². The van der Waals surface area contributed by atoms with E-state index in [1.807, 2.05) is 22.5 Å². The van der Waals surface area contributed by atoms with Crippen molar-refractivity contribution < 1.29 is 9.53 Å². The first kappa shape index (κ1) is 17.9. The van der Waals surface area contributed by atoms with Crippen molar-refractivity contribution in [2.45, 2.75) is 39.8 Å². The molecule has 2 aromatic heterocycles. The Morgan fingerprint density at radius 1 is 1.32 bits per heavy atom. The predicted octanol–water partition coefficient (Wildman–Crippen LogP) is 0.961. The highest BCUT2D eigenvalue weighted by Gasteiger charge is 2.16. The second kappa shape index (κ2) is 7.97. The minimum atomic E-state index is 0.0609. The number of amides is 1. The Labute approximate surface area is 148 Å². The van der Waals surface area contributed by atoms with Crippen LogP contribution in [0.1, 0.15) is 32.0 Å². The standard InChI is InChI=1S/C17H28N6O2/c1-13(2)23-15-12-19-22(17(15)14(3)20-23)6-4-16(24)18-5-7-21-8-10-25-11-9-21/h12-13H,4-11H2,1-3H3,(H,18,24). The third-order valence-electron chi connectivity index (χ3n) is 4.56. The van der Waals surface area contributed by atoms with Crippen LogP contribution in [0.3, 0.4) is 0 Å². The van der Waals surface area contributed by atoms with Crippen LogP contribution in [0, 0.1) is 6.92 Å². The van der Waals surface area contributed by atoms with Gasteiger partial charge in [-0.2, -0.15) is 10.2 Å². The molecule has 1 aliphatic rings. The van der Waals surface area contributed by atoms with E-state index in [9.17, 15) is 4.79 Å². The molecule has 1 saturated heterocycles. The van der Waals surface area contributed by atoms with Crippen molar-refractivity contribution in [1.82, 2.24) is 29.8 Å². The van der Waals surface area contributed by atoms with Gasteiger partial charge in [0.25, 0.3) is 0 Å². The summed E-state index contributed by atoms with van der Waals surface area (Å²) < 4.78 is 9.19. The van der Waals surface area contributed by atoms with Crippen LogP contribution in [0.15, 0.2) is 6.20 Å². The molecule has 0 atom stereocenters. The number of nitrogens with one attached hydrogen (secondary N) is 1. The maximum Gasteiger partial charge on any atom is 0.221 e. The Hall–Kier alpha value is -1.93. The van der Waals surface area contributed by atoms with Crippen molar-refractivity contribution in [1.29, 1.82) is 0 Å². The van der Waals surface area contributed by atoms with Crippen molar-refractivity contribution in [3.8, 4) is 0 Å². The lowest BCUT2D eigenvalue weighted by Crippen LogP contribution is -2.41. The van der Waals surface area contributed by atoms with Crippen LogP contribution in [0.2, 0.25) is 0 Å². The van der Waals surface area contributed by atoms with Gasteiger partial charge in [0.2, 0.25) is 5.91 Å². The largest absolute Gasteiger partial charge is 0.379 e. The molecule has 1 aliphatic heterocycles. The summed E-state index contributed by atoms with van der Waals surface area (Å²) in [4.78, 5) is 14.4. The lowest BCUT2D eigenvalue weighted by atomic mass is 10.3. The number of morpholine rings is 1. The molecule has 0 aromatic carbocycles. The molecule has 8 nitrogen and oxygen atoms in total. The number of aryl methyl sites for hydroxylation is 2. The SMILES string of the molecule is Cc1nn(C(C)C)c2cnn(CCC(=O)NCCN3CCOCC3)c12. The number of carbonyl (C=O) groups excluding carboxylic acids is 1. The van der Waals surface area contributed by atoms with Crippen molar-refractivity contribution in [2.24, 2.45) is 0 Å². The van der Waals surface area contributed by atoms with Gasteiger partial charge in [0.05, 0.1) is 31.6 Å². The van der Waals surface area contributed by atoms with E-state index in [-0.39, 0.29) is 11.9 Å². The van der Waals surface area contributed by atoms with Crippen LogP contribution in [-0.2, 0) is 16.1 Å². The molecule has 25 heavy (non-hydrogen) atoms. The molecule has 1 N–H and O–H groups in total. The number of fused-ring (bicyclic) bond motifs is 1. The zero-order chi connectivity index (χ0) is 17.8. The van der Waals surface area contributed by atoms with Gasteiger partial charge in [0.1, 0.15) is 11.0 Å². The molecular weight excluding hydrogens is 320 g/mol. The van der Waals surface area contributed by atoms with Crippen LogP contribution < -0.4 is 5.32 Å². The zero-order valence-electron chi connectivity index (χ0n) is 15.4. The molecule has 1 fully saturated rings. The van der Waals surface area contributed by atoms with Crippen molar-refractivity contribution in [3.05, 3.63) is 11.9 Å². The van der Waals surface area contributed by atoms with Gasteiger partial charge in [-0.15, -0.1) is 0 Å². The normalized spacial score (nSPS) is 16.0. The van der Waals surface area contributed by atoms with E-state index >= 15 is 0 Å². The van der Waals surface area contributed by atoms with E-state index in [1.165, 1.54) is 0 Å². The quantitative estimate of drug-likeness (QED) is 0.806. The van der Waals surface area contributed by atoms with Gasteiger partial charge >= 0.3 is 0 Å². The predicted molar refractivity (Wildman–Crippen MR) is 95.5 cm³/mol. The molecule has 0 unspecified atom stereocenters. The van der Waals surface area contributed by atoms with Crippen LogP contribution >= 0.6 is 0 Å². The molecule has 0 saturated carbocycles. The number of hydrogen-bond acceptors (Lipinski definition) is 5. The molecule has 138 valence electrons. The summed E-state index contributed by atoms with van der Waals surface area (Å²) >= 11 is 0. The van der Waals surface area contributed by atoms with Crippen molar-refractivity contribution in [3.63, 3.8) is 0 Å². The first-order valence-corrected chi connectivity index (χ1v) is 9.03. The molecule has 0 bridgehead atoms. The summed E-state index contributed by atoms with van der Waals surface area (Å²) in [5.41, 5.74) is 3.00. The van der Waals surface area contributed by atoms with Crippen molar-refractivity contribution in [2.75, 3.05) is 39.4 Å². The monoisotopic (exact) mass is 348 g/mol. The molecule has 0 radical (unpaired) electrons. The lowest BCUT2D eigenvalue weighted by Gasteiger charge is -2.26. The van der Waals surface area contributed by atoms with Crippen LogP contribution in [-0.4, -0.2) is 69.8 Å².